The van der Waals surface area contributed by atoms with Crippen LogP contribution >= 0.6 is 0 Å². The van der Waals surface area contributed by atoms with Crippen molar-refractivity contribution in [3.8, 4) is 0 Å². The molecule has 1 fully saturated rings. The molecule has 0 aromatic heterocycles. The molecule has 1 amide bonds. The quantitative estimate of drug-likeness (QED) is 0.674. The molecule has 80 valence electrons. The van der Waals surface area contributed by atoms with Gasteiger partial charge >= 0.3 is 5.97 Å². The van der Waals surface area contributed by atoms with Crippen LogP contribution in [0.5, 0.6) is 0 Å². The van der Waals surface area contributed by atoms with Crippen molar-refractivity contribution in [2.45, 2.75) is 25.8 Å². The number of ether oxygens (including phenoxy) is 1. The minimum absolute atomic E-state index is 0.0479. The van der Waals surface area contributed by atoms with E-state index in [0.717, 1.165) is 0 Å². The van der Waals surface area contributed by atoms with Crippen molar-refractivity contribution >= 4 is 11.9 Å². The van der Waals surface area contributed by atoms with Crippen LogP contribution in [-0.4, -0.2) is 35.7 Å². The number of aliphatic carboxylic acids is 1. The van der Waals surface area contributed by atoms with Crippen LogP contribution in [0.15, 0.2) is 0 Å². The Hall–Kier alpha value is -1.10. The highest BCUT2D eigenvalue weighted by Gasteiger charge is 2.43. The van der Waals surface area contributed by atoms with Gasteiger partial charge in [-0.2, -0.15) is 0 Å². The minimum atomic E-state index is -1.23. The Morgan fingerprint density at radius 2 is 2.36 bits per heavy atom. The summed E-state index contributed by atoms with van der Waals surface area (Å²) in [6.07, 6.45) is 0.383. The summed E-state index contributed by atoms with van der Waals surface area (Å²) >= 11 is 0. The van der Waals surface area contributed by atoms with E-state index in [0.29, 0.717) is 6.42 Å². The highest BCUT2D eigenvalue weighted by Crippen LogP contribution is 2.20. The molecule has 1 unspecified atom stereocenters. The molecule has 1 heterocycles. The molecule has 5 heteroatoms. The molecule has 1 rings (SSSR count). The zero-order valence-electron chi connectivity index (χ0n) is 8.37. The molecular formula is C9H15NO4. The van der Waals surface area contributed by atoms with Crippen molar-refractivity contribution in [3.63, 3.8) is 0 Å². The first-order valence-electron chi connectivity index (χ1n) is 4.58. The first-order chi connectivity index (χ1) is 6.46. The molecular weight excluding hydrogens is 186 g/mol. The van der Waals surface area contributed by atoms with Crippen LogP contribution in [0.3, 0.4) is 0 Å². The van der Waals surface area contributed by atoms with E-state index in [9.17, 15) is 9.59 Å². The highest BCUT2D eigenvalue weighted by molar-refractivity contribution is 5.88. The van der Waals surface area contributed by atoms with Crippen molar-refractivity contribution in [2.24, 2.45) is 5.92 Å². The Balaban J connectivity index is 2.80. The Bertz CT molecular complexity index is 251. The third-order valence-corrected chi connectivity index (χ3v) is 2.13. The SMILES string of the molecule is CC(C)CC1(C(=O)O)COCC(=O)N1. The van der Waals surface area contributed by atoms with Gasteiger partial charge in [-0.05, 0) is 12.3 Å². The zero-order valence-corrected chi connectivity index (χ0v) is 8.37. The summed E-state index contributed by atoms with van der Waals surface area (Å²) in [6.45, 7) is 3.82. The molecule has 0 spiro atoms. The Morgan fingerprint density at radius 3 is 2.79 bits per heavy atom. The fourth-order valence-corrected chi connectivity index (χ4v) is 1.67. The van der Waals surface area contributed by atoms with Crippen molar-refractivity contribution in [1.29, 1.82) is 0 Å². The van der Waals surface area contributed by atoms with Crippen molar-refractivity contribution in [2.75, 3.05) is 13.2 Å². The van der Waals surface area contributed by atoms with E-state index in [-0.39, 0.29) is 25.0 Å². The van der Waals surface area contributed by atoms with Crippen molar-refractivity contribution < 1.29 is 19.4 Å². The van der Waals surface area contributed by atoms with Gasteiger partial charge in [-0.1, -0.05) is 13.8 Å². The monoisotopic (exact) mass is 201 g/mol. The first-order valence-corrected chi connectivity index (χ1v) is 4.58. The molecule has 0 bridgehead atoms. The predicted octanol–water partition coefficient (Wildman–Crippen LogP) is 0.00230. The molecule has 14 heavy (non-hydrogen) atoms. The van der Waals surface area contributed by atoms with Gasteiger partial charge in [-0.15, -0.1) is 0 Å². The second kappa shape index (κ2) is 3.96. The lowest BCUT2D eigenvalue weighted by Crippen LogP contribution is -2.62. The third kappa shape index (κ3) is 2.23. The van der Waals surface area contributed by atoms with Gasteiger partial charge in [0, 0.05) is 0 Å². The van der Waals surface area contributed by atoms with E-state index in [1.165, 1.54) is 0 Å². The number of carbonyl (C=O) groups excluding carboxylic acids is 1. The van der Waals surface area contributed by atoms with E-state index in [1.807, 2.05) is 13.8 Å². The summed E-state index contributed by atoms with van der Waals surface area (Å²) in [7, 11) is 0. The average Bonchev–Trinajstić information content (AvgIpc) is 2.02. The fraction of sp³-hybridized carbons (Fsp3) is 0.778. The van der Waals surface area contributed by atoms with Crippen molar-refractivity contribution in [1.82, 2.24) is 5.32 Å². The van der Waals surface area contributed by atoms with E-state index in [1.54, 1.807) is 0 Å². The maximum atomic E-state index is 11.1. The third-order valence-electron chi connectivity index (χ3n) is 2.13. The second-order valence-corrected chi connectivity index (χ2v) is 4.03. The number of rotatable bonds is 3. The van der Waals surface area contributed by atoms with E-state index in [4.69, 9.17) is 9.84 Å². The number of nitrogens with one attached hydrogen (secondary N) is 1. The Labute approximate surface area is 82.4 Å². The standard InChI is InChI=1S/C9H15NO4/c1-6(2)3-9(8(12)13)5-14-4-7(11)10-9/h6H,3-5H2,1-2H3,(H,10,11)(H,12,13). The molecule has 1 aliphatic heterocycles. The Morgan fingerprint density at radius 1 is 1.71 bits per heavy atom. The van der Waals surface area contributed by atoms with Gasteiger partial charge in [0.25, 0.3) is 0 Å². The minimum Gasteiger partial charge on any atom is -0.479 e. The fourth-order valence-electron chi connectivity index (χ4n) is 1.67. The maximum Gasteiger partial charge on any atom is 0.331 e. The second-order valence-electron chi connectivity index (χ2n) is 4.03. The molecule has 5 nitrogen and oxygen atoms in total. The average molecular weight is 201 g/mol. The lowest BCUT2D eigenvalue weighted by Gasteiger charge is -2.34. The van der Waals surface area contributed by atoms with Crippen LogP contribution in [0.2, 0.25) is 0 Å². The van der Waals surface area contributed by atoms with Gasteiger partial charge in [-0.3, -0.25) is 4.79 Å². The molecule has 0 aromatic carbocycles. The number of carbonyl (C=O) groups is 2. The van der Waals surface area contributed by atoms with Gasteiger partial charge < -0.3 is 15.2 Å². The van der Waals surface area contributed by atoms with Crippen molar-refractivity contribution in [3.05, 3.63) is 0 Å². The summed E-state index contributed by atoms with van der Waals surface area (Å²) < 4.78 is 4.97. The van der Waals surface area contributed by atoms with Gasteiger partial charge in [0.15, 0.2) is 5.54 Å². The number of hydrogen-bond acceptors (Lipinski definition) is 3. The van der Waals surface area contributed by atoms with Crippen LogP contribution in [0, 0.1) is 5.92 Å². The predicted molar refractivity (Wildman–Crippen MR) is 48.8 cm³/mol. The van der Waals surface area contributed by atoms with Gasteiger partial charge in [0.1, 0.15) is 6.61 Å². The number of carboxylic acids is 1. The van der Waals surface area contributed by atoms with Crippen LogP contribution < -0.4 is 5.32 Å². The zero-order chi connectivity index (χ0) is 10.8. The summed E-state index contributed by atoms with van der Waals surface area (Å²) in [6, 6.07) is 0. The summed E-state index contributed by atoms with van der Waals surface area (Å²) in [5.41, 5.74) is -1.23. The van der Waals surface area contributed by atoms with Gasteiger partial charge in [0.05, 0.1) is 6.61 Å². The summed E-state index contributed by atoms with van der Waals surface area (Å²) in [5, 5.41) is 11.6. The molecule has 2 N–H and O–H groups in total. The highest BCUT2D eigenvalue weighted by atomic mass is 16.5. The molecule has 0 radical (unpaired) electrons. The number of carboxylic acid groups (broad SMARTS) is 1. The maximum absolute atomic E-state index is 11.1. The lowest BCUT2D eigenvalue weighted by atomic mass is 9.88. The molecule has 1 atom stereocenters. The van der Waals surface area contributed by atoms with Gasteiger partial charge in [0.2, 0.25) is 5.91 Å². The smallest absolute Gasteiger partial charge is 0.331 e. The first kappa shape index (κ1) is 11.0. The van der Waals surface area contributed by atoms with E-state index in [2.05, 4.69) is 5.32 Å². The molecule has 1 saturated heterocycles. The van der Waals surface area contributed by atoms with Crippen LogP contribution in [0.25, 0.3) is 0 Å². The molecule has 0 aliphatic carbocycles. The molecule has 1 aliphatic rings. The topological polar surface area (TPSA) is 75.6 Å². The lowest BCUT2D eigenvalue weighted by molar-refractivity contribution is -0.158. The number of amides is 1. The Kier molecular flexibility index (Phi) is 3.10. The summed E-state index contributed by atoms with van der Waals surface area (Å²) in [5.74, 6) is -1.20. The molecule has 0 saturated carbocycles. The normalized spacial score (nSPS) is 27.5. The van der Waals surface area contributed by atoms with Crippen LogP contribution in [-0.2, 0) is 14.3 Å². The molecule has 0 aromatic rings. The largest absolute Gasteiger partial charge is 0.479 e. The van der Waals surface area contributed by atoms with Crippen LogP contribution in [0.1, 0.15) is 20.3 Å². The van der Waals surface area contributed by atoms with Crippen LogP contribution in [0.4, 0.5) is 0 Å². The van der Waals surface area contributed by atoms with E-state index < -0.39 is 11.5 Å². The number of morpholine rings is 1. The summed E-state index contributed by atoms with van der Waals surface area (Å²) in [4.78, 5) is 22.1. The van der Waals surface area contributed by atoms with Gasteiger partial charge in [-0.25, -0.2) is 4.79 Å². The van der Waals surface area contributed by atoms with E-state index >= 15 is 0 Å². The number of hydrogen-bond donors (Lipinski definition) is 2.